The summed E-state index contributed by atoms with van der Waals surface area (Å²) < 4.78 is 12.4. The maximum absolute atomic E-state index is 6.30. The number of rotatable bonds is 4. The number of hydrogen-bond donors (Lipinski definition) is 0. The van der Waals surface area contributed by atoms with Crippen LogP contribution in [0.2, 0.25) is 5.02 Å². The predicted octanol–water partition coefficient (Wildman–Crippen LogP) is 9.64. The fourth-order valence-corrected chi connectivity index (χ4v) is 5.10. The number of nitrogens with zero attached hydrogens (tertiary/aromatic N) is 3. The van der Waals surface area contributed by atoms with E-state index in [0.717, 1.165) is 55.0 Å². The second-order valence-electron chi connectivity index (χ2n) is 9.42. The van der Waals surface area contributed by atoms with Crippen LogP contribution in [0.25, 0.3) is 72.2 Å². The van der Waals surface area contributed by atoms with E-state index in [1.165, 1.54) is 0 Å². The van der Waals surface area contributed by atoms with Crippen LogP contribution in [0.4, 0.5) is 0 Å². The van der Waals surface area contributed by atoms with Crippen molar-refractivity contribution in [3.63, 3.8) is 0 Å². The molecule has 7 rings (SSSR count). The summed E-state index contributed by atoms with van der Waals surface area (Å²) in [7, 11) is 0. The molecule has 0 aliphatic heterocycles. The highest BCUT2D eigenvalue weighted by molar-refractivity contribution is 6.31. The van der Waals surface area contributed by atoms with Gasteiger partial charge in [-0.05, 0) is 61.9 Å². The largest absolute Gasteiger partial charge is 0.456 e. The van der Waals surface area contributed by atoms with Crippen molar-refractivity contribution in [1.29, 1.82) is 0 Å². The summed E-state index contributed by atoms with van der Waals surface area (Å²) in [5.41, 5.74) is 5.66. The third kappa shape index (κ3) is 3.99. The van der Waals surface area contributed by atoms with Gasteiger partial charge in [-0.2, -0.15) is 0 Å². The van der Waals surface area contributed by atoms with E-state index in [2.05, 4.69) is 12.1 Å². The first kappa shape index (κ1) is 23.4. The molecule has 7 aromatic rings. The van der Waals surface area contributed by atoms with Crippen molar-refractivity contribution in [1.82, 2.24) is 15.0 Å². The topological polar surface area (TPSA) is 65.0 Å². The Labute approximate surface area is 229 Å². The number of para-hydroxylation sites is 2. The molecule has 188 valence electrons. The lowest BCUT2D eigenvalue weighted by Gasteiger charge is -2.09. The Hall–Kier alpha value is -4.74. The molecule has 0 N–H and O–H groups in total. The Balaban J connectivity index is 1.46. The van der Waals surface area contributed by atoms with Crippen LogP contribution < -0.4 is 0 Å². The van der Waals surface area contributed by atoms with Crippen LogP contribution in [-0.2, 0) is 0 Å². The van der Waals surface area contributed by atoms with Gasteiger partial charge in [0, 0.05) is 32.1 Å². The molecule has 0 saturated carbocycles. The van der Waals surface area contributed by atoms with Crippen LogP contribution in [-0.4, -0.2) is 15.0 Å². The van der Waals surface area contributed by atoms with Crippen molar-refractivity contribution >= 4 is 61.1 Å². The zero-order chi connectivity index (χ0) is 26.5. The van der Waals surface area contributed by atoms with Crippen LogP contribution in [0.3, 0.4) is 0 Å². The first-order chi connectivity index (χ1) is 19.1. The van der Waals surface area contributed by atoms with Crippen molar-refractivity contribution in [2.75, 3.05) is 0 Å². The van der Waals surface area contributed by atoms with Gasteiger partial charge in [0.05, 0.1) is 5.56 Å². The van der Waals surface area contributed by atoms with Crippen molar-refractivity contribution in [3.8, 4) is 22.8 Å². The lowest BCUT2D eigenvalue weighted by molar-refractivity contribution is 0.668. The van der Waals surface area contributed by atoms with E-state index in [-0.39, 0.29) is 0 Å². The van der Waals surface area contributed by atoms with Gasteiger partial charge in [-0.25, -0.2) is 15.0 Å². The molecular formula is C33H22ClN3O2. The van der Waals surface area contributed by atoms with E-state index in [1.54, 1.807) is 0 Å². The second-order valence-corrected chi connectivity index (χ2v) is 9.85. The summed E-state index contributed by atoms with van der Waals surface area (Å²) in [4.78, 5) is 14.7. The number of furan rings is 2. The zero-order valence-electron chi connectivity index (χ0n) is 21.3. The van der Waals surface area contributed by atoms with Gasteiger partial charge in [0.1, 0.15) is 22.3 Å². The summed E-state index contributed by atoms with van der Waals surface area (Å²) in [5, 5.41) is 4.70. The number of halogens is 1. The van der Waals surface area contributed by atoms with Crippen molar-refractivity contribution in [2.45, 2.75) is 13.8 Å². The highest BCUT2D eigenvalue weighted by Gasteiger charge is 2.18. The van der Waals surface area contributed by atoms with E-state index in [1.807, 2.05) is 98.8 Å². The molecule has 0 aliphatic rings. The summed E-state index contributed by atoms with van der Waals surface area (Å²) in [6, 6.07) is 25.7. The van der Waals surface area contributed by atoms with Crippen LogP contribution in [0.15, 0.2) is 106 Å². The molecule has 0 bridgehead atoms. The van der Waals surface area contributed by atoms with Gasteiger partial charge in [0.2, 0.25) is 0 Å². The smallest absolute Gasteiger partial charge is 0.167 e. The van der Waals surface area contributed by atoms with Gasteiger partial charge in [0.25, 0.3) is 0 Å². The van der Waals surface area contributed by atoms with Crippen molar-refractivity contribution in [2.24, 2.45) is 0 Å². The Morgan fingerprint density at radius 2 is 1.51 bits per heavy atom. The Morgan fingerprint density at radius 1 is 0.718 bits per heavy atom. The Bertz CT molecular complexity index is 2120. The minimum atomic E-state index is 0.531. The van der Waals surface area contributed by atoms with E-state index in [0.29, 0.717) is 28.1 Å². The fraction of sp³-hybridized carbons (Fsp3) is 0.0606. The molecule has 5 nitrogen and oxygen atoms in total. The van der Waals surface area contributed by atoms with E-state index < -0.39 is 0 Å². The Morgan fingerprint density at radius 3 is 2.41 bits per heavy atom. The molecule has 0 atom stereocenters. The highest BCUT2D eigenvalue weighted by Crippen LogP contribution is 2.37. The molecule has 6 heteroatoms. The SMILES string of the molecule is C/C=C\C=C(/C)c1nc(-c2ccc3c(c2)oc2ccccc23)nc(-c2cccc3c2oc2ccc(Cl)cc23)n1. The molecule has 4 aromatic carbocycles. The molecule has 0 saturated heterocycles. The molecule has 39 heavy (non-hydrogen) atoms. The maximum Gasteiger partial charge on any atom is 0.167 e. The molecule has 0 spiro atoms. The normalized spacial score (nSPS) is 12.5. The molecule has 0 aliphatic carbocycles. The molecule has 0 amide bonds. The molecule has 3 aromatic heterocycles. The number of hydrogen-bond acceptors (Lipinski definition) is 5. The van der Waals surface area contributed by atoms with Gasteiger partial charge in [0.15, 0.2) is 17.5 Å². The van der Waals surface area contributed by atoms with Gasteiger partial charge in [-0.3, -0.25) is 0 Å². The molecule has 0 unspecified atom stereocenters. The molecular weight excluding hydrogens is 506 g/mol. The average molecular weight is 528 g/mol. The third-order valence-corrected chi connectivity index (χ3v) is 7.10. The summed E-state index contributed by atoms with van der Waals surface area (Å²) >= 11 is 6.29. The molecule has 0 radical (unpaired) electrons. The number of aromatic nitrogens is 3. The molecule has 3 heterocycles. The number of allylic oxidation sites excluding steroid dienone is 4. The van der Waals surface area contributed by atoms with E-state index in [9.17, 15) is 0 Å². The predicted molar refractivity (Wildman–Crippen MR) is 159 cm³/mol. The first-order valence-corrected chi connectivity index (χ1v) is 13.1. The van der Waals surface area contributed by atoms with E-state index >= 15 is 0 Å². The number of fused-ring (bicyclic) bond motifs is 6. The van der Waals surface area contributed by atoms with Crippen LogP contribution >= 0.6 is 11.6 Å². The first-order valence-electron chi connectivity index (χ1n) is 12.7. The molecule has 0 fully saturated rings. The van der Waals surface area contributed by atoms with Crippen LogP contribution in [0, 0.1) is 0 Å². The van der Waals surface area contributed by atoms with Gasteiger partial charge < -0.3 is 8.83 Å². The monoisotopic (exact) mass is 527 g/mol. The van der Waals surface area contributed by atoms with Crippen molar-refractivity contribution < 1.29 is 8.83 Å². The van der Waals surface area contributed by atoms with E-state index in [4.69, 9.17) is 35.4 Å². The van der Waals surface area contributed by atoms with Gasteiger partial charge in [-0.15, -0.1) is 0 Å². The lowest BCUT2D eigenvalue weighted by Crippen LogP contribution is -2.02. The van der Waals surface area contributed by atoms with Gasteiger partial charge in [-0.1, -0.05) is 66.2 Å². The summed E-state index contributed by atoms with van der Waals surface area (Å²) in [5.74, 6) is 1.68. The lowest BCUT2D eigenvalue weighted by atomic mass is 10.1. The van der Waals surface area contributed by atoms with Gasteiger partial charge >= 0.3 is 0 Å². The highest BCUT2D eigenvalue weighted by atomic mass is 35.5. The van der Waals surface area contributed by atoms with Crippen LogP contribution in [0.1, 0.15) is 19.7 Å². The Kier molecular flexibility index (Phi) is 5.53. The number of benzene rings is 4. The second kappa shape index (κ2) is 9.22. The summed E-state index contributed by atoms with van der Waals surface area (Å²) in [6.07, 6.45) is 5.94. The third-order valence-electron chi connectivity index (χ3n) is 6.86. The average Bonchev–Trinajstić information content (AvgIpc) is 3.53. The quantitative estimate of drug-likeness (QED) is 0.213. The van der Waals surface area contributed by atoms with Crippen molar-refractivity contribution in [3.05, 3.63) is 108 Å². The summed E-state index contributed by atoms with van der Waals surface area (Å²) in [6.45, 7) is 3.97. The fourth-order valence-electron chi connectivity index (χ4n) is 4.93. The standard InChI is InChI=1S/C33H22ClN3O2/c1-3-4-8-19(2)31-35-32(20-13-15-23-22-9-5-6-12-27(22)38-29(23)17-20)37-33(36-31)25-11-7-10-24-26-18-21(34)14-16-28(26)39-30(24)25/h3-18H,1-2H3/b4-3-,19-8+. The minimum absolute atomic E-state index is 0.531. The minimum Gasteiger partial charge on any atom is -0.456 e. The zero-order valence-corrected chi connectivity index (χ0v) is 22.0. The van der Waals surface area contributed by atoms with Crippen LogP contribution in [0.5, 0.6) is 0 Å². The maximum atomic E-state index is 6.30.